The lowest BCUT2D eigenvalue weighted by Gasteiger charge is -2.25. The fraction of sp³-hybridized carbons (Fsp3) is 0.875. The predicted octanol–water partition coefficient (Wildman–Crippen LogP) is 3.67. The molecule has 2 atom stereocenters. The van der Waals surface area contributed by atoms with Crippen molar-refractivity contribution >= 4 is 0 Å². The third kappa shape index (κ3) is 4.40. The van der Waals surface area contributed by atoms with Crippen LogP contribution in [0.25, 0.3) is 0 Å². The standard InChI is InChI=1S/C16H29NO/c1-2-17-16(12-14-10-11-18-13-14)15-8-6-4-3-5-7-9-15/h8,14,16-17H,2-7,9-13H2,1H3. The molecule has 1 fully saturated rings. The summed E-state index contributed by atoms with van der Waals surface area (Å²) in [4.78, 5) is 0. The Kier molecular flexibility index (Phi) is 6.22. The van der Waals surface area contributed by atoms with Gasteiger partial charge in [-0.25, -0.2) is 0 Å². The van der Waals surface area contributed by atoms with Gasteiger partial charge in [0.15, 0.2) is 0 Å². The lowest BCUT2D eigenvalue weighted by molar-refractivity contribution is 0.182. The molecule has 1 aliphatic heterocycles. The summed E-state index contributed by atoms with van der Waals surface area (Å²) < 4.78 is 5.52. The van der Waals surface area contributed by atoms with Gasteiger partial charge in [-0.15, -0.1) is 0 Å². The van der Waals surface area contributed by atoms with Crippen molar-refractivity contribution in [2.24, 2.45) is 5.92 Å². The summed E-state index contributed by atoms with van der Waals surface area (Å²) in [6, 6.07) is 0.611. The minimum atomic E-state index is 0.611. The Morgan fingerprint density at radius 1 is 1.33 bits per heavy atom. The number of nitrogens with one attached hydrogen (secondary N) is 1. The molecule has 0 radical (unpaired) electrons. The van der Waals surface area contributed by atoms with Crippen LogP contribution in [0.4, 0.5) is 0 Å². The third-order valence-electron chi connectivity index (χ3n) is 4.32. The van der Waals surface area contributed by atoms with E-state index in [4.69, 9.17) is 4.74 Å². The summed E-state index contributed by atoms with van der Waals surface area (Å²) in [7, 11) is 0. The first kappa shape index (κ1) is 14.1. The maximum Gasteiger partial charge on any atom is 0.0495 e. The van der Waals surface area contributed by atoms with Crippen molar-refractivity contribution in [3.63, 3.8) is 0 Å². The van der Waals surface area contributed by atoms with Gasteiger partial charge in [0.25, 0.3) is 0 Å². The summed E-state index contributed by atoms with van der Waals surface area (Å²) in [5, 5.41) is 3.70. The Morgan fingerprint density at radius 3 is 3.00 bits per heavy atom. The Bertz CT molecular complexity index is 256. The summed E-state index contributed by atoms with van der Waals surface area (Å²) >= 11 is 0. The van der Waals surface area contributed by atoms with E-state index in [1.807, 2.05) is 0 Å². The van der Waals surface area contributed by atoms with E-state index in [9.17, 15) is 0 Å². The van der Waals surface area contributed by atoms with E-state index < -0.39 is 0 Å². The van der Waals surface area contributed by atoms with Crippen molar-refractivity contribution in [2.75, 3.05) is 19.8 Å². The van der Waals surface area contributed by atoms with Gasteiger partial charge in [-0.1, -0.05) is 31.4 Å². The van der Waals surface area contributed by atoms with E-state index >= 15 is 0 Å². The van der Waals surface area contributed by atoms with Crippen LogP contribution in [-0.4, -0.2) is 25.8 Å². The molecular formula is C16H29NO. The second-order valence-corrected chi connectivity index (χ2v) is 5.81. The third-order valence-corrected chi connectivity index (χ3v) is 4.32. The topological polar surface area (TPSA) is 21.3 Å². The van der Waals surface area contributed by atoms with Crippen LogP contribution in [0.5, 0.6) is 0 Å². The Morgan fingerprint density at radius 2 is 2.22 bits per heavy atom. The summed E-state index contributed by atoms with van der Waals surface area (Å²) in [5.74, 6) is 0.778. The van der Waals surface area contributed by atoms with Crippen LogP contribution in [0.15, 0.2) is 11.6 Å². The first-order chi connectivity index (χ1) is 8.90. The fourth-order valence-corrected chi connectivity index (χ4v) is 3.25. The predicted molar refractivity (Wildman–Crippen MR) is 76.8 cm³/mol. The number of allylic oxidation sites excluding steroid dienone is 1. The molecule has 0 aromatic carbocycles. The maximum absolute atomic E-state index is 5.52. The van der Waals surface area contributed by atoms with Crippen molar-refractivity contribution < 1.29 is 4.74 Å². The minimum absolute atomic E-state index is 0.611. The minimum Gasteiger partial charge on any atom is -0.381 e. The molecule has 1 aliphatic carbocycles. The number of hydrogen-bond acceptors (Lipinski definition) is 2. The second kappa shape index (κ2) is 7.96. The molecule has 2 nitrogen and oxygen atoms in total. The molecule has 0 bridgehead atoms. The molecule has 104 valence electrons. The number of likely N-dealkylation sites (N-methyl/N-ethyl adjacent to an activating group) is 1. The molecule has 0 spiro atoms. The smallest absolute Gasteiger partial charge is 0.0495 e. The second-order valence-electron chi connectivity index (χ2n) is 5.81. The Hall–Kier alpha value is -0.340. The van der Waals surface area contributed by atoms with Crippen molar-refractivity contribution in [3.8, 4) is 0 Å². The van der Waals surface area contributed by atoms with Crippen LogP contribution in [0.1, 0.15) is 58.3 Å². The SMILES string of the molecule is CCNC(CC1CCOC1)C1=CCCCCCC1. The van der Waals surface area contributed by atoms with Crippen LogP contribution in [0, 0.1) is 5.92 Å². The average Bonchev–Trinajstić information content (AvgIpc) is 2.81. The summed E-state index contributed by atoms with van der Waals surface area (Å²) in [6.45, 7) is 5.26. The Balaban J connectivity index is 1.92. The lowest BCUT2D eigenvalue weighted by Crippen LogP contribution is -2.33. The van der Waals surface area contributed by atoms with Gasteiger partial charge in [0.1, 0.15) is 0 Å². The van der Waals surface area contributed by atoms with Crippen molar-refractivity contribution in [2.45, 2.75) is 64.3 Å². The number of rotatable bonds is 5. The van der Waals surface area contributed by atoms with Gasteiger partial charge in [-0.05, 0) is 51.0 Å². The van der Waals surface area contributed by atoms with Gasteiger partial charge in [0.05, 0.1) is 0 Å². The maximum atomic E-state index is 5.52. The zero-order valence-electron chi connectivity index (χ0n) is 11.9. The van der Waals surface area contributed by atoms with Gasteiger partial charge in [-0.2, -0.15) is 0 Å². The fourth-order valence-electron chi connectivity index (χ4n) is 3.25. The monoisotopic (exact) mass is 251 g/mol. The van der Waals surface area contributed by atoms with E-state index in [2.05, 4.69) is 18.3 Å². The van der Waals surface area contributed by atoms with Gasteiger partial charge in [-0.3, -0.25) is 0 Å². The number of hydrogen-bond donors (Lipinski definition) is 1. The molecule has 2 heteroatoms. The summed E-state index contributed by atoms with van der Waals surface area (Å²) in [5.41, 5.74) is 1.68. The average molecular weight is 251 g/mol. The van der Waals surface area contributed by atoms with E-state index in [1.54, 1.807) is 5.57 Å². The van der Waals surface area contributed by atoms with Gasteiger partial charge in [0, 0.05) is 19.3 Å². The highest BCUT2D eigenvalue weighted by molar-refractivity contribution is 5.12. The zero-order valence-corrected chi connectivity index (χ0v) is 11.9. The normalized spacial score (nSPS) is 27.4. The molecule has 2 rings (SSSR count). The van der Waals surface area contributed by atoms with E-state index in [0.717, 1.165) is 25.7 Å². The highest BCUT2D eigenvalue weighted by atomic mass is 16.5. The molecule has 0 amide bonds. The van der Waals surface area contributed by atoms with Crippen molar-refractivity contribution in [3.05, 3.63) is 11.6 Å². The van der Waals surface area contributed by atoms with Crippen LogP contribution < -0.4 is 5.32 Å². The number of ether oxygens (including phenoxy) is 1. The van der Waals surface area contributed by atoms with E-state index in [-0.39, 0.29) is 0 Å². The van der Waals surface area contributed by atoms with Crippen LogP contribution in [0.3, 0.4) is 0 Å². The molecular weight excluding hydrogens is 222 g/mol. The van der Waals surface area contributed by atoms with Crippen LogP contribution in [-0.2, 0) is 4.74 Å². The van der Waals surface area contributed by atoms with Crippen LogP contribution >= 0.6 is 0 Å². The summed E-state index contributed by atoms with van der Waals surface area (Å²) in [6.07, 6.45) is 13.3. The lowest BCUT2D eigenvalue weighted by atomic mass is 9.89. The van der Waals surface area contributed by atoms with Crippen LogP contribution in [0.2, 0.25) is 0 Å². The quantitative estimate of drug-likeness (QED) is 0.753. The molecule has 18 heavy (non-hydrogen) atoms. The zero-order chi connectivity index (χ0) is 12.6. The molecule has 1 N–H and O–H groups in total. The van der Waals surface area contributed by atoms with Gasteiger partial charge in [0.2, 0.25) is 0 Å². The molecule has 2 aliphatic rings. The van der Waals surface area contributed by atoms with E-state index in [0.29, 0.717) is 6.04 Å². The largest absolute Gasteiger partial charge is 0.381 e. The molecule has 0 aromatic rings. The molecule has 0 saturated carbocycles. The highest BCUT2D eigenvalue weighted by Crippen LogP contribution is 2.26. The first-order valence-electron chi connectivity index (χ1n) is 7.90. The molecule has 1 heterocycles. The van der Waals surface area contributed by atoms with Gasteiger partial charge < -0.3 is 10.1 Å². The highest BCUT2D eigenvalue weighted by Gasteiger charge is 2.22. The first-order valence-corrected chi connectivity index (χ1v) is 7.90. The molecule has 2 unspecified atom stereocenters. The van der Waals surface area contributed by atoms with Crippen molar-refractivity contribution in [1.82, 2.24) is 5.32 Å². The van der Waals surface area contributed by atoms with E-state index in [1.165, 1.54) is 51.4 Å². The van der Waals surface area contributed by atoms with Gasteiger partial charge >= 0.3 is 0 Å². The van der Waals surface area contributed by atoms with Crippen molar-refractivity contribution in [1.29, 1.82) is 0 Å². The molecule has 1 saturated heterocycles. The Labute approximate surface area is 112 Å². The molecule has 0 aromatic heterocycles.